The van der Waals surface area contributed by atoms with Gasteiger partial charge in [0.15, 0.2) is 11.5 Å². The number of imidazole rings is 1. The van der Waals surface area contributed by atoms with E-state index in [2.05, 4.69) is 25.3 Å². The molecule has 0 amide bonds. The van der Waals surface area contributed by atoms with Gasteiger partial charge >= 0.3 is 12.1 Å². The summed E-state index contributed by atoms with van der Waals surface area (Å²) in [6.07, 6.45) is -0.653. The number of carbonyl (C=O) groups is 1. The molecule has 0 spiro atoms. The average Bonchev–Trinajstić information content (AvgIpc) is 3.62. The maximum atomic E-state index is 13.1. The zero-order chi connectivity index (χ0) is 25.6. The Morgan fingerprint density at radius 2 is 1.86 bits per heavy atom. The number of benzene rings is 1. The molecule has 0 unspecified atom stereocenters. The lowest BCUT2D eigenvalue weighted by molar-refractivity contribution is -0.137. The molecule has 0 saturated heterocycles. The molecule has 1 saturated carbocycles. The van der Waals surface area contributed by atoms with E-state index in [1.54, 1.807) is 10.8 Å². The van der Waals surface area contributed by atoms with Gasteiger partial charge in [0.1, 0.15) is 11.3 Å². The zero-order valence-corrected chi connectivity index (χ0v) is 19.5. The minimum absolute atomic E-state index is 0.0451. The van der Waals surface area contributed by atoms with Crippen molar-refractivity contribution in [1.29, 1.82) is 0 Å². The average molecular weight is 496 g/mol. The third-order valence-electron chi connectivity index (χ3n) is 6.28. The lowest BCUT2D eigenvalue weighted by atomic mass is 10.1. The molecule has 1 aliphatic carbocycles. The van der Waals surface area contributed by atoms with Crippen LogP contribution in [0.3, 0.4) is 0 Å². The van der Waals surface area contributed by atoms with E-state index in [-0.39, 0.29) is 24.1 Å². The van der Waals surface area contributed by atoms with Gasteiger partial charge in [0, 0.05) is 30.0 Å². The smallest absolute Gasteiger partial charge is 0.416 e. The molecule has 1 aliphatic rings. The standard InChI is InChI=1S/C25H23F3N6O2/c1-13-3-6-17(11-29-13)23-33-21-19(34(23)12-15-4-9-18(10-5-15)25(26,27)28)20(30-14(2)16-7-8-16)31-22(32-21)24(35)36/h3-6,9-11,14,16H,7-8,12H2,1-2H3,(H,35,36)(H,30,31,32)/t14-/m1/s1. The number of aryl methyl sites for hydroxylation is 1. The maximum Gasteiger partial charge on any atom is 0.416 e. The van der Waals surface area contributed by atoms with E-state index in [0.717, 1.165) is 30.7 Å². The third kappa shape index (κ3) is 4.73. The molecule has 2 N–H and O–H groups in total. The molecule has 1 atom stereocenters. The van der Waals surface area contributed by atoms with E-state index < -0.39 is 17.7 Å². The molecule has 1 fully saturated rings. The first-order chi connectivity index (χ1) is 17.1. The summed E-state index contributed by atoms with van der Waals surface area (Å²) in [5.41, 5.74) is 1.98. The van der Waals surface area contributed by atoms with Crippen molar-refractivity contribution in [2.75, 3.05) is 5.32 Å². The number of fused-ring (bicyclic) bond motifs is 1. The van der Waals surface area contributed by atoms with E-state index in [1.807, 2.05) is 26.0 Å². The van der Waals surface area contributed by atoms with Crippen LogP contribution in [0.5, 0.6) is 0 Å². The second-order valence-electron chi connectivity index (χ2n) is 9.05. The number of anilines is 1. The van der Waals surface area contributed by atoms with Crippen LogP contribution in [0.25, 0.3) is 22.6 Å². The van der Waals surface area contributed by atoms with Crippen molar-refractivity contribution in [2.45, 2.75) is 45.5 Å². The molecule has 4 aromatic rings. The first-order valence-electron chi connectivity index (χ1n) is 11.5. The topological polar surface area (TPSA) is 106 Å². The van der Waals surface area contributed by atoms with E-state index in [1.165, 1.54) is 12.1 Å². The van der Waals surface area contributed by atoms with Gasteiger partial charge in [0.25, 0.3) is 0 Å². The fourth-order valence-corrected chi connectivity index (χ4v) is 4.12. The maximum absolute atomic E-state index is 13.1. The summed E-state index contributed by atoms with van der Waals surface area (Å²) >= 11 is 0. The van der Waals surface area contributed by atoms with E-state index in [9.17, 15) is 23.1 Å². The molecule has 0 aliphatic heterocycles. The second-order valence-corrected chi connectivity index (χ2v) is 9.05. The number of rotatable bonds is 7. The van der Waals surface area contributed by atoms with Gasteiger partial charge in [-0.2, -0.15) is 13.2 Å². The number of pyridine rings is 1. The van der Waals surface area contributed by atoms with Gasteiger partial charge in [-0.25, -0.2) is 19.7 Å². The van der Waals surface area contributed by atoms with E-state index in [0.29, 0.717) is 34.2 Å². The first-order valence-corrected chi connectivity index (χ1v) is 11.5. The van der Waals surface area contributed by atoms with Crippen molar-refractivity contribution in [3.8, 4) is 11.4 Å². The Morgan fingerprint density at radius 3 is 2.44 bits per heavy atom. The van der Waals surface area contributed by atoms with Crippen LogP contribution in [0.1, 0.15) is 47.2 Å². The Morgan fingerprint density at radius 1 is 1.14 bits per heavy atom. The Hall–Kier alpha value is -4.02. The van der Waals surface area contributed by atoms with Gasteiger partial charge < -0.3 is 15.0 Å². The van der Waals surface area contributed by atoms with Crippen LogP contribution in [-0.4, -0.2) is 41.6 Å². The number of aromatic nitrogens is 5. The highest BCUT2D eigenvalue weighted by molar-refractivity contribution is 5.92. The minimum atomic E-state index is -4.43. The van der Waals surface area contributed by atoms with Crippen molar-refractivity contribution in [3.05, 3.63) is 65.2 Å². The first kappa shape index (κ1) is 23.7. The Labute approximate surface area is 204 Å². The predicted molar refractivity (Wildman–Crippen MR) is 127 cm³/mol. The normalized spacial score (nSPS) is 14.7. The quantitative estimate of drug-likeness (QED) is 0.364. The Kier molecular flexibility index (Phi) is 5.85. The summed E-state index contributed by atoms with van der Waals surface area (Å²) in [5.74, 6) is -0.440. The molecule has 36 heavy (non-hydrogen) atoms. The molecule has 3 aromatic heterocycles. The zero-order valence-electron chi connectivity index (χ0n) is 19.5. The molecule has 5 rings (SSSR count). The molecule has 8 nitrogen and oxygen atoms in total. The summed E-state index contributed by atoms with van der Waals surface area (Å²) in [7, 11) is 0. The number of nitrogens with one attached hydrogen (secondary N) is 1. The summed E-state index contributed by atoms with van der Waals surface area (Å²) < 4.78 is 41.0. The fourth-order valence-electron chi connectivity index (χ4n) is 4.12. The number of hydrogen-bond acceptors (Lipinski definition) is 6. The highest BCUT2D eigenvalue weighted by atomic mass is 19.4. The summed E-state index contributed by atoms with van der Waals surface area (Å²) in [4.78, 5) is 29.1. The molecule has 11 heteroatoms. The third-order valence-corrected chi connectivity index (χ3v) is 6.28. The second kappa shape index (κ2) is 8.89. The van der Waals surface area contributed by atoms with Gasteiger partial charge in [0.05, 0.1) is 5.56 Å². The number of hydrogen-bond donors (Lipinski definition) is 2. The number of aromatic carboxylic acids is 1. The largest absolute Gasteiger partial charge is 0.475 e. The summed E-state index contributed by atoms with van der Waals surface area (Å²) in [5, 5.41) is 12.9. The molecular formula is C25H23F3N6O2. The van der Waals surface area contributed by atoms with Crippen molar-refractivity contribution in [3.63, 3.8) is 0 Å². The van der Waals surface area contributed by atoms with Crippen LogP contribution in [0.2, 0.25) is 0 Å². The van der Waals surface area contributed by atoms with Crippen molar-refractivity contribution in [2.24, 2.45) is 5.92 Å². The van der Waals surface area contributed by atoms with Crippen LogP contribution in [0, 0.1) is 12.8 Å². The summed E-state index contributed by atoms with van der Waals surface area (Å²) in [6, 6.07) is 8.60. The highest BCUT2D eigenvalue weighted by Gasteiger charge is 2.31. The van der Waals surface area contributed by atoms with Crippen LogP contribution < -0.4 is 5.32 Å². The molecule has 0 bridgehead atoms. The molecule has 3 heterocycles. The van der Waals surface area contributed by atoms with Crippen LogP contribution in [0.4, 0.5) is 19.0 Å². The van der Waals surface area contributed by atoms with Crippen molar-refractivity contribution in [1.82, 2.24) is 24.5 Å². The van der Waals surface area contributed by atoms with Gasteiger partial charge in [0.2, 0.25) is 5.82 Å². The van der Waals surface area contributed by atoms with Gasteiger partial charge in [-0.15, -0.1) is 0 Å². The van der Waals surface area contributed by atoms with Crippen LogP contribution >= 0.6 is 0 Å². The van der Waals surface area contributed by atoms with Gasteiger partial charge in [-0.1, -0.05) is 12.1 Å². The molecule has 0 radical (unpaired) electrons. The lowest BCUT2D eigenvalue weighted by Gasteiger charge is -2.17. The van der Waals surface area contributed by atoms with Crippen molar-refractivity contribution >= 4 is 23.0 Å². The fraction of sp³-hybridized carbons (Fsp3) is 0.320. The number of alkyl halides is 3. The number of nitrogens with zero attached hydrogens (tertiary/aromatic N) is 5. The van der Waals surface area contributed by atoms with Crippen LogP contribution in [0.15, 0.2) is 42.6 Å². The number of halogens is 3. The summed E-state index contributed by atoms with van der Waals surface area (Å²) in [6.45, 7) is 4.02. The molecular weight excluding hydrogens is 473 g/mol. The Bertz CT molecular complexity index is 1430. The van der Waals surface area contributed by atoms with Gasteiger partial charge in [-0.05, 0) is 62.4 Å². The lowest BCUT2D eigenvalue weighted by Crippen LogP contribution is -2.20. The van der Waals surface area contributed by atoms with E-state index in [4.69, 9.17) is 0 Å². The molecule has 1 aromatic carbocycles. The minimum Gasteiger partial charge on any atom is -0.475 e. The van der Waals surface area contributed by atoms with Crippen LogP contribution in [-0.2, 0) is 12.7 Å². The highest BCUT2D eigenvalue weighted by Crippen LogP contribution is 2.36. The number of carboxylic acids is 1. The predicted octanol–water partition coefficient (Wildman–Crippen LogP) is 5.17. The van der Waals surface area contributed by atoms with Crippen molar-refractivity contribution < 1.29 is 23.1 Å². The van der Waals surface area contributed by atoms with Gasteiger partial charge in [-0.3, -0.25) is 4.98 Å². The Balaban J connectivity index is 1.68. The SMILES string of the molecule is Cc1ccc(-c2nc3nc(C(=O)O)nc(N[C@H](C)C4CC4)c3n2Cc2ccc(C(F)(F)F)cc2)cn1. The number of carboxylic acid groups (broad SMARTS) is 1. The monoisotopic (exact) mass is 496 g/mol. The molecule has 186 valence electrons. The van der Waals surface area contributed by atoms with E-state index >= 15 is 0 Å².